The molecule has 2 nitrogen and oxygen atoms in total. The molecule has 0 aliphatic rings. The fraction of sp³-hybridized carbons (Fsp3) is 1.00. The normalized spacial score (nSPS) is 17.9. The van der Waals surface area contributed by atoms with Crippen molar-refractivity contribution in [3.05, 3.63) is 0 Å². The largest absolute Gasteiger partial charge is 0.345 e. The van der Waals surface area contributed by atoms with Crippen molar-refractivity contribution in [1.29, 1.82) is 0 Å². The van der Waals surface area contributed by atoms with Gasteiger partial charge in [0.05, 0.1) is 0 Å². The third kappa shape index (κ3) is 3.56. The maximum absolute atomic E-state index is 9.03. The summed E-state index contributed by atoms with van der Waals surface area (Å²) >= 11 is 4.69. The molecule has 1 atom stereocenters. The van der Waals surface area contributed by atoms with Gasteiger partial charge in [0, 0.05) is 13.3 Å². The van der Waals surface area contributed by atoms with Crippen LogP contribution in [0.2, 0.25) is 0 Å². The minimum absolute atomic E-state index is 0.624. The fourth-order valence-corrected chi connectivity index (χ4v) is 1.67. The van der Waals surface area contributed by atoms with Crippen LogP contribution in [0.5, 0.6) is 0 Å². The van der Waals surface area contributed by atoms with Crippen LogP contribution < -0.4 is 0 Å². The molecule has 0 aromatic heterocycles. The standard InChI is InChI=1S/C4H11O2PS/c1-3-4-7(5,8)6-2/h3-4H2,1-2H3,(H,5,8). The second-order valence-electron chi connectivity index (χ2n) is 1.54. The first-order valence-corrected chi connectivity index (χ1v) is 5.35. The van der Waals surface area contributed by atoms with Crippen LogP contribution in [0.15, 0.2) is 0 Å². The second kappa shape index (κ2) is 3.57. The second-order valence-corrected chi connectivity index (χ2v) is 5.34. The van der Waals surface area contributed by atoms with Crippen molar-refractivity contribution in [1.82, 2.24) is 0 Å². The Hall–Kier alpha value is 0.570. The molecule has 0 saturated carbocycles. The lowest BCUT2D eigenvalue weighted by atomic mass is 10.6. The van der Waals surface area contributed by atoms with Crippen molar-refractivity contribution >= 4 is 18.3 Å². The predicted octanol–water partition coefficient (Wildman–Crippen LogP) is 1.34. The molecule has 0 spiro atoms. The van der Waals surface area contributed by atoms with Crippen LogP contribution in [-0.4, -0.2) is 18.2 Å². The van der Waals surface area contributed by atoms with Crippen molar-refractivity contribution in [2.24, 2.45) is 0 Å². The Balaban J connectivity index is 3.55. The molecule has 0 rings (SSSR count). The molecule has 1 unspecified atom stereocenters. The van der Waals surface area contributed by atoms with E-state index in [0.717, 1.165) is 6.42 Å². The van der Waals surface area contributed by atoms with Crippen LogP contribution in [-0.2, 0) is 16.3 Å². The molecule has 0 bridgehead atoms. The van der Waals surface area contributed by atoms with Gasteiger partial charge in [-0.05, 0) is 18.2 Å². The van der Waals surface area contributed by atoms with E-state index in [1.165, 1.54) is 7.11 Å². The topological polar surface area (TPSA) is 29.5 Å². The van der Waals surface area contributed by atoms with Gasteiger partial charge in [0.1, 0.15) is 0 Å². The quantitative estimate of drug-likeness (QED) is 0.622. The smallest absolute Gasteiger partial charge is 0.185 e. The van der Waals surface area contributed by atoms with Crippen molar-refractivity contribution in [2.45, 2.75) is 13.3 Å². The predicted molar refractivity (Wildman–Crippen MR) is 38.7 cm³/mol. The summed E-state index contributed by atoms with van der Waals surface area (Å²) < 4.78 is 4.66. The van der Waals surface area contributed by atoms with Crippen molar-refractivity contribution < 1.29 is 9.42 Å². The summed E-state index contributed by atoms with van der Waals surface area (Å²) in [5.74, 6) is 0. The van der Waals surface area contributed by atoms with Crippen molar-refractivity contribution in [3.63, 3.8) is 0 Å². The molecule has 0 aromatic carbocycles. The fourth-order valence-electron chi connectivity index (χ4n) is 0.374. The molecule has 0 radical (unpaired) electrons. The Morgan fingerprint density at radius 1 is 1.75 bits per heavy atom. The molecule has 0 aliphatic carbocycles. The lowest BCUT2D eigenvalue weighted by Crippen LogP contribution is -1.87. The Morgan fingerprint density at radius 3 is 2.38 bits per heavy atom. The molecule has 0 fully saturated rings. The van der Waals surface area contributed by atoms with E-state index in [-0.39, 0.29) is 0 Å². The first-order chi connectivity index (χ1) is 3.62. The highest BCUT2D eigenvalue weighted by Gasteiger charge is 2.07. The zero-order valence-corrected chi connectivity index (χ0v) is 6.84. The molecule has 0 amide bonds. The van der Waals surface area contributed by atoms with Gasteiger partial charge >= 0.3 is 0 Å². The van der Waals surface area contributed by atoms with Crippen molar-refractivity contribution in [2.75, 3.05) is 13.3 Å². The van der Waals surface area contributed by atoms with Gasteiger partial charge in [0.15, 0.2) is 6.49 Å². The van der Waals surface area contributed by atoms with Crippen LogP contribution >= 0.6 is 6.49 Å². The average molecular weight is 154 g/mol. The molecule has 4 heteroatoms. The highest BCUT2D eigenvalue weighted by atomic mass is 32.5. The van der Waals surface area contributed by atoms with Gasteiger partial charge in [0.25, 0.3) is 0 Å². The van der Waals surface area contributed by atoms with E-state index in [2.05, 4.69) is 16.3 Å². The van der Waals surface area contributed by atoms with Crippen LogP contribution in [0.4, 0.5) is 0 Å². The summed E-state index contributed by atoms with van der Waals surface area (Å²) in [5.41, 5.74) is 0. The number of rotatable bonds is 3. The molecular weight excluding hydrogens is 143 g/mol. The van der Waals surface area contributed by atoms with E-state index in [1.54, 1.807) is 0 Å². The van der Waals surface area contributed by atoms with Crippen LogP contribution in [0.3, 0.4) is 0 Å². The molecule has 0 saturated heterocycles. The van der Waals surface area contributed by atoms with Gasteiger partial charge < -0.3 is 9.42 Å². The van der Waals surface area contributed by atoms with Gasteiger partial charge in [-0.1, -0.05) is 6.92 Å². The molecule has 0 heterocycles. The monoisotopic (exact) mass is 154 g/mol. The Kier molecular flexibility index (Phi) is 3.82. The number of hydrogen-bond acceptors (Lipinski definition) is 2. The summed E-state index contributed by atoms with van der Waals surface area (Å²) in [6.45, 7) is -0.372. The van der Waals surface area contributed by atoms with Gasteiger partial charge in [-0.25, -0.2) is 0 Å². The molecular formula is C4H11O2PS. The molecule has 8 heavy (non-hydrogen) atoms. The molecule has 50 valence electrons. The Labute approximate surface area is 55.0 Å². The van der Waals surface area contributed by atoms with Gasteiger partial charge in [0.2, 0.25) is 0 Å². The third-order valence-electron chi connectivity index (χ3n) is 0.791. The maximum Gasteiger partial charge on any atom is 0.185 e. The maximum atomic E-state index is 9.03. The van der Waals surface area contributed by atoms with E-state index in [0.29, 0.717) is 6.16 Å². The highest BCUT2D eigenvalue weighted by Crippen LogP contribution is 2.41. The molecule has 1 N–H and O–H groups in total. The average Bonchev–Trinajstić information content (AvgIpc) is 1.67. The highest BCUT2D eigenvalue weighted by molar-refractivity contribution is 8.09. The lowest BCUT2D eigenvalue weighted by molar-refractivity contribution is 0.386. The summed E-state index contributed by atoms with van der Waals surface area (Å²) in [5, 5.41) is 0. The Bertz CT molecular complexity index is 104. The molecule has 0 aliphatic heterocycles. The zero-order chi connectivity index (χ0) is 6.62. The lowest BCUT2D eigenvalue weighted by Gasteiger charge is -2.09. The zero-order valence-electron chi connectivity index (χ0n) is 5.13. The summed E-state index contributed by atoms with van der Waals surface area (Å²) in [6, 6.07) is 0. The molecule has 0 aromatic rings. The van der Waals surface area contributed by atoms with Gasteiger partial charge in [-0.2, -0.15) is 0 Å². The first-order valence-electron chi connectivity index (χ1n) is 2.50. The van der Waals surface area contributed by atoms with E-state index in [1.807, 2.05) is 6.92 Å². The Morgan fingerprint density at radius 2 is 2.25 bits per heavy atom. The summed E-state index contributed by atoms with van der Waals surface area (Å²) in [7, 11) is 1.45. The third-order valence-corrected chi connectivity index (χ3v) is 3.37. The van der Waals surface area contributed by atoms with E-state index in [4.69, 9.17) is 4.89 Å². The number of hydrogen-bond donors (Lipinski definition) is 1. The first kappa shape index (κ1) is 8.57. The van der Waals surface area contributed by atoms with Crippen molar-refractivity contribution in [3.8, 4) is 0 Å². The van der Waals surface area contributed by atoms with Crippen LogP contribution in [0, 0.1) is 0 Å². The van der Waals surface area contributed by atoms with E-state index in [9.17, 15) is 0 Å². The summed E-state index contributed by atoms with van der Waals surface area (Å²) in [6.07, 6.45) is 1.51. The van der Waals surface area contributed by atoms with Crippen LogP contribution in [0.25, 0.3) is 0 Å². The van der Waals surface area contributed by atoms with Crippen LogP contribution in [0.1, 0.15) is 13.3 Å². The van der Waals surface area contributed by atoms with E-state index < -0.39 is 6.49 Å². The van der Waals surface area contributed by atoms with E-state index >= 15 is 0 Å². The minimum Gasteiger partial charge on any atom is -0.345 e. The SMILES string of the molecule is CCCP(O)(=S)OC. The summed E-state index contributed by atoms with van der Waals surface area (Å²) in [4.78, 5) is 9.03. The van der Waals surface area contributed by atoms with Gasteiger partial charge in [-0.3, -0.25) is 0 Å². The minimum atomic E-state index is -2.34. The van der Waals surface area contributed by atoms with Gasteiger partial charge in [-0.15, -0.1) is 0 Å².